The lowest BCUT2D eigenvalue weighted by Crippen LogP contribution is -2.39. The molecule has 0 aromatic heterocycles. The normalized spacial score (nSPS) is 11.2. The predicted octanol–water partition coefficient (Wildman–Crippen LogP) is 2.99. The fraction of sp³-hybridized carbons (Fsp3) is 0.562. The van der Waals surface area contributed by atoms with Crippen LogP contribution < -0.4 is 5.32 Å². The Kier molecular flexibility index (Phi) is 7.15. The van der Waals surface area contributed by atoms with Crippen molar-refractivity contribution in [2.75, 3.05) is 25.0 Å². The van der Waals surface area contributed by atoms with Crippen molar-refractivity contribution in [3.05, 3.63) is 28.3 Å². The third kappa shape index (κ3) is 5.65. The molecule has 2 N–H and O–H groups in total. The van der Waals surface area contributed by atoms with Crippen LogP contribution in [0.5, 0.6) is 0 Å². The number of nitrogens with zero attached hydrogens (tertiary/aromatic N) is 1. The van der Waals surface area contributed by atoms with Gasteiger partial charge in [0, 0.05) is 19.2 Å². The summed E-state index contributed by atoms with van der Waals surface area (Å²) in [5.41, 5.74) is 2.71. The van der Waals surface area contributed by atoms with E-state index in [1.54, 1.807) is 0 Å². The number of anilines is 1. The van der Waals surface area contributed by atoms with Crippen molar-refractivity contribution >= 4 is 23.2 Å². The van der Waals surface area contributed by atoms with Crippen LogP contribution in [0, 0.1) is 13.8 Å². The van der Waals surface area contributed by atoms with E-state index in [1.807, 2.05) is 44.7 Å². The molecular formula is C16H25ClN2O2. The number of aliphatic hydroxyl groups excluding tert-OH is 1. The van der Waals surface area contributed by atoms with Gasteiger partial charge in [0.15, 0.2) is 0 Å². The maximum atomic E-state index is 12.2. The molecule has 1 rings (SSSR count). The lowest BCUT2D eigenvalue weighted by Gasteiger charge is -2.25. The van der Waals surface area contributed by atoms with E-state index in [0.29, 0.717) is 30.2 Å². The number of halogens is 1. The third-order valence-electron chi connectivity index (χ3n) is 3.38. The van der Waals surface area contributed by atoms with Crippen LogP contribution in [-0.2, 0) is 4.79 Å². The SMILES string of the molecule is Cc1cc(C)c(NC(=O)CN(CCCO)C(C)C)c(Cl)c1. The van der Waals surface area contributed by atoms with Crippen molar-refractivity contribution < 1.29 is 9.90 Å². The van der Waals surface area contributed by atoms with E-state index in [4.69, 9.17) is 16.7 Å². The van der Waals surface area contributed by atoms with Crippen molar-refractivity contribution in [1.29, 1.82) is 0 Å². The van der Waals surface area contributed by atoms with Gasteiger partial charge in [-0.1, -0.05) is 17.7 Å². The quantitative estimate of drug-likeness (QED) is 0.814. The molecule has 118 valence electrons. The van der Waals surface area contributed by atoms with Gasteiger partial charge in [0.2, 0.25) is 5.91 Å². The molecule has 0 saturated carbocycles. The maximum absolute atomic E-state index is 12.2. The summed E-state index contributed by atoms with van der Waals surface area (Å²) in [6.07, 6.45) is 0.662. The number of carbonyl (C=O) groups is 1. The Balaban J connectivity index is 2.72. The molecule has 1 aromatic carbocycles. The molecule has 0 fully saturated rings. The summed E-state index contributed by atoms with van der Waals surface area (Å²) in [4.78, 5) is 14.2. The van der Waals surface area contributed by atoms with Gasteiger partial charge in [0.1, 0.15) is 0 Å². The molecule has 0 aliphatic heterocycles. The number of aliphatic hydroxyl groups is 1. The van der Waals surface area contributed by atoms with Gasteiger partial charge in [-0.15, -0.1) is 0 Å². The van der Waals surface area contributed by atoms with Crippen molar-refractivity contribution in [3.63, 3.8) is 0 Å². The molecule has 0 radical (unpaired) electrons. The molecule has 1 amide bonds. The van der Waals surface area contributed by atoms with Crippen LogP contribution in [0.1, 0.15) is 31.4 Å². The zero-order valence-corrected chi connectivity index (χ0v) is 14.0. The summed E-state index contributed by atoms with van der Waals surface area (Å²) in [6, 6.07) is 4.08. The van der Waals surface area contributed by atoms with E-state index in [9.17, 15) is 4.79 Å². The maximum Gasteiger partial charge on any atom is 0.238 e. The first-order chi connectivity index (χ1) is 9.85. The van der Waals surface area contributed by atoms with Gasteiger partial charge < -0.3 is 10.4 Å². The van der Waals surface area contributed by atoms with Crippen LogP contribution in [0.15, 0.2) is 12.1 Å². The number of amides is 1. The summed E-state index contributed by atoms with van der Waals surface area (Å²) in [5, 5.41) is 12.4. The molecule has 1 aromatic rings. The minimum atomic E-state index is -0.0875. The van der Waals surface area contributed by atoms with Crippen LogP contribution in [0.3, 0.4) is 0 Å². The van der Waals surface area contributed by atoms with Gasteiger partial charge in [0.05, 0.1) is 17.3 Å². The minimum absolute atomic E-state index is 0.0875. The molecule has 5 heteroatoms. The second kappa shape index (κ2) is 8.37. The van der Waals surface area contributed by atoms with Gasteiger partial charge in [-0.3, -0.25) is 9.69 Å². The summed E-state index contributed by atoms with van der Waals surface area (Å²) in [6.45, 7) is 9.10. The molecule has 0 bridgehead atoms. The van der Waals surface area contributed by atoms with Crippen LogP contribution in [0.4, 0.5) is 5.69 Å². The topological polar surface area (TPSA) is 52.6 Å². The average molecular weight is 313 g/mol. The Morgan fingerprint density at radius 1 is 1.38 bits per heavy atom. The molecule has 0 aliphatic rings. The van der Waals surface area contributed by atoms with Crippen LogP contribution >= 0.6 is 11.6 Å². The van der Waals surface area contributed by atoms with E-state index in [1.165, 1.54) is 0 Å². The van der Waals surface area contributed by atoms with Crippen molar-refractivity contribution in [2.24, 2.45) is 0 Å². The minimum Gasteiger partial charge on any atom is -0.396 e. The highest BCUT2D eigenvalue weighted by atomic mass is 35.5. The first kappa shape index (κ1) is 18.0. The number of hydrogen-bond acceptors (Lipinski definition) is 3. The van der Waals surface area contributed by atoms with E-state index >= 15 is 0 Å². The monoisotopic (exact) mass is 312 g/mol. The van der Waals surface area contributed by atoms with Gasteiger partial charge in [0.25, 0.3) is 0 Å². The van der Waals surface area contributed by atoms with Gasteiger partial charge in [-0.05, 0) is 51.3 Å². The lowest BCUT2D eigenvalue weighted by molar-refractivity contribution is -0.117. The summed E-state index contributed by atoms with van der Waals surface area (Å²) < 4.78 is 0. The van der Waals surface area contributed by atoms with Crippen molar-refractivity contribution in [2.45, 2.75) is 40.2 Å². The highest BCUT2D eigenvalue weighted by Gasteiger charge is 2.15. The smallest absolute Gasteiger partial charge is 0.238 e. The molecule has 4 nitrogen and oxygen atoms in total. The predicted molar refractivity (Wildman–Crippen MR) is 88.0 cm³/mol. The van der Waals surface area contributed by atoms with E-state index in [0.717, 1.165) is 11.1 Å². The van der Waals surface area contributed by atoms with E-state index in [-0.39, 0.29) is 18.6 Å². The van der Waals surface area contributed by atoms with Crippen molar-refractivity contribution in [3.8, 4) is 0 Å². The molecule has 21 heavy (non-hydrogen) atoms. The fourth-order valence-corrected chi connectivity index (χ4v) is 2.60. The fourth-order valence-electron chi connectivity index (χ4n) is 2.23. The Morgan fingerprint density at radius 3 is 2.57 bits per heavy atom. The number of hydrogen-bond donors (Lipinski definition) is 2. The molecule has 0 heterocycles. The van der Waals surface area contributed by atoms with Crippen LogP contribution in [0.25, 0.3) is 0 Å². The zero-order chi connectivity index (χ0) is 16.0. The molecule has 0 saturated heterocycles. The van der Waals surface area contributed by atoms with Gasteiger partial charge in [-0.2, -0.15) is 0 Å². The van der Waals surface area contributed by atoms with E-state index in [2.05, 4.69) is 5.32 Å². The first-order valence-corrected chi connectivity index (χ1v) is 7.64. The van der Waals surface area contributed by atoms with Crippen LogP contribution in [-0.4, -0.2) is 41.7 Å². The molecule has 0 aliphatic carbocycles. The molecular weight excluding hydrogens is 288 g/mol. The Bertz CT molecular complexity index is 466. The summed E-state index contributed by atoms with van der Waals surface area (Å²) >= 11 is 6.20. The molecule has 0 spiro atoms. The van der Waals surface area contributed by atoms with E-state index < -0.39 is 0 Å². The number of nitrogens with one attached hydrogen (secondary N) is 1. The molecule has 0 unspecified atom stereocenters. The highest BCUT2D eigenvalue weighted by Crippen LogP contribution is 2.27. The Morgan fingerprint density at radius 2 is 2.05 bits per heavy atom. The number of rotatable bonds is 7. The highest BCUT2D eigenvalue weighted by molar-refractivity contribution is 6.34. The van der Waals surface area contributed by atoms with Crippen molar-refractivity contribution in [1.82, 2.24) is 4.90 Å². The Labute approximate surface area is 132 Å². The second-order valence-electron chi connectivity index (χ2n) is 5.63. The zero-order valence-electron chi connectivity index (χ0n) is 13.2. The number of carbonyl (C=O) groups excluding carboxylic acids is 1. The third-order valence-corrected chi connectivity index (χ3v) is 3.67. The largest absolute Gasteiger partial charge is 0.396 e. The summed E-state index contributed by atoms with van der Waals surface area (Å²) in [7, 11) is 0. The average Bonchev–Trinajstić information content (AvgIpc) is 2.38. The summed E-state index contributed by atoms with van der Waals surface area (Å²) in [5.74, 6) is -0.0875. The first-order valence-electron chi connectivity index (χ1n) is 7.26. The number of benzene rings is 1. The number of aryl methyl sites for hydroxylation is 2. The van der Waals surface area contributed by atoms with Crippen LogP contribution in [0.2, 0.25) is 5.02 Å². The Hall–Kier alpha value is -1.10. The van der Waals surface area contributed by atoms with Gasteiger partial charge >= 0.3 is 0 Å². The molecule has 0 atom stereocenters. The second-order valence-corrected chi connectivity index (χ2v) is 6.04. The lowest BCUT2D eigenvalue weighted by atomic mass is 10.1. The van der Waals surface area contributed by atoms with Gasteiger partial charge in [-0.25, -0.2) is 0 Å². The standard InChI is InChI=1S/C16H25ClN2O2/c1-11(2)19(6-5-7-20)10-15(21)18-16-13(4)8-12(3)9-14(16)17/h8-9,11,20H,5-7,10H2,1-4H3,(H,18,21).